The fraction of sp³-hybridized carbons (Fsp3) is 0.519. The molecular formula is C27H34Cl2FN3O2. The molecule has 2 aliphatic heterocycles. The Morgan fingerprint density at radius 1 is 1.09 bits per heavy atom. The van der Waals surface area contributed by atoms with E-state index >= 15 is 0 Å². The van der Waals surface area contributed by atoms with Gasteiger partial charge in [-0.1, -0.05) is 35.3 Å². The SMILES string of the molecule is C[C@H](COc1cc(Cl)ccc1C1CCN(C(=O)[C@H](N)Cc2ccc(Cl)cc2F)CC1)N1CCCC1. The Bertz CT molecular complexity index is 1020. The number of carbonyl (C=O) groups excluding carboxylic acids is 1. The van der Waals surface area contributed by atoms with Crippen molar-refractivity contribution in [3.8, 4) is 5.75 Å². The number of nitrogens with zero attached hydrogens (tertiary/aromatic N) is 2. The van der Waals surface area contributed by atoms with Gasteiger partial charge in [-0.15, -0.1) is 0 Å². The van der Waals surface area contributed by atoms with Crippen LogP contribution >= 0.6 is 23.2 Å². The molecule has 0 spiro atoms. The third-order valence-corrected chi connectivity index (χ3v) is 7.71. The van der Waals surface area contributed by atoms with E-state index in [2.05, 4.69) is 17.9 Å². The van der Waals surface area contributed by atoms with Gasteiger partial charge in [-0.2, -0.15) is 0 Å². The first-order valence-electron chi connectivity index (χ1n) is 12.5. The molecule has 2 saturated heterocycles. The van der Waals surface area contributed by atoms with E-state index in [-0.39, 0.29) is 18.2 Å². The highest BCUT2D eigenvalue weighted by atomic mass is 35.5. The Morgan fingerprint density at radius 2 is 1.74 bits per heavy atom. The summed E-state index contributed by atoms with van der Waals surface area (Å²) in [6.07, 6.45) is 4.28. The van der Waals surface area contributed by atoms with E-state index in [9.17, 15) is 9.18 Å². The first kappa shape index (κ1) is 26.2. The van der Waals surface area contributed by atoms with Gasteiger partial charge in [0, 0.05) is 29.2 Å². The largest absolute Gasteiger partial charge is 0.492 e. The molecule has 0 saturated carbocycles. The highest BCUT2D eigenvalue weighted by Gasteiger charge is 2.29. The Morgan fingerprint density at radius 3 is 2.43 bits per heavy atom. The van der Waals surface area contributed by atoms with Crippen LogP contribution in [0.2, 0.25) is 10.0 Å². The lowest BCUT2D eigenvalue weighted by atomic mass is 9.88. The molecule has 2 fully saturated rings. The molecule has 0 aromatic heterocycles. The lowest BCUT2D eigenvalue weighted by Gasteiger charge is -2.34. The molecule has 35 heavy (non-hydrogen) atoms. The zero-order chi connectivity index (χ0) is 24.9. The predicted molar refractivity (Wildman–Crippen MR) is 139 cm³/mol. The number of benzene rings is 2. The summed E-state index contributed by atoms with van der Waals surface area (Å²) in [4.78, 5) is 17.2. The Kier molecular flexibility index (Phi) is 8.92. The number of rotatable bonds is 8. The molecule has 2 aliphatic rings. The second kappa shape index (κ2) is 11.9. The van der Waals surface area contributed by atoms with Crippen LogP contribution in [0, 0.1) is 5.82 Å². The molecule has 0 unspecified atom stereocenters. The number of likely N-dealkylation sites (tertiary alicyclic amines) is 2. The zero-order valence-corrected chi connectivity index (χ0v) is 21.7. The number of halogens is 3. The summed E-state index contributed by atoms with van der Waals surface area (Å²) in [6.45, 7) is 6.30. The lowest BCUT2D eigenvalue weighted by molar-refractivity contribution is -0.133. The van der Waals surface area contributed by atoms with Gasteiger partial charge in [0.1, 0.15) is 18.2 Å². The Labute approximate surface area is 217 Å². The summed E-state index contributed by atoms with van der Waals surface area (Å²) >= 11 is 12.1. The maximum absolute atomic E-state index is 14.1. The minimum Gasteiger partial charge on any atom is -0.492 e. The van der Waals surface area contributed by atoms with E-state index in [0.717, 1.165) is 37.2 Å². The van der Waals surface area contributed by atoms with Gasteiger partial charge in [0.2, 0.25) is 5.91 Å². The van der Waals surface area contributed by atoms with E-state index in [1.807, 2.05) is 12.1 Å². The van der Waals surface area contributed by atoms with Crippen LogP contribution in [0.15, 0.2) is 36.4 Å². The van der Waals surface area contributed by atoms with E-state index in [1.54, 1.807) is 17.0 Å². The van der Waals surface area contributed by atoms with Crippen molar-refractivity contribution < 1.29 is 13.9 Å². The minimum atomic E-state index is -0.788. The highest BCUT2D eigenvalue weighted by molar-refractivity contribution is 6.31. The van der Waals surface area contributed by atoms with Crippen molar-refractivity contribution in [3.05, 3.63) is 63.4 Å². The van der Waals surface area contributed by atoms with Crippen LogP contribution in [-0.2, 0) is 11.2 Å². The fourth-order valence-electron chi connectivity index (χ4n) is 5.13. The predicted octanol–water partition coefficient (Wildman–Crippen LogP) is 5.27. The third-order valence-electron chi connectivity index (χ3n) is 7.24. The van der Waals surface area contributed by atoms with Gasteiger partial charge in [-0.3, -0.25) is 9.69 Å². The topological polar surface area (TPSA) is 58.8 Å². The van der Waals surface area contributed by atoms with Crippen molar-refractivity contribution >= 4 is 29.1 Å². The van der Waals surface area contributed by atoms with E-state index in [1.165, 1.54) is 18.9 Å². The van der Waals surface area contributed by atoms with E-state index in [4.69, 9.17) is 33.7 Å². The quantitative estimate of drug-likeness (QED) is 0.513. The van der Waals surface area contributed by atoms with Crippen LogP contribution in [-0.4, -0.2) is 60.6 Å². The summed E-state index contributed by atoms with van der Waals surface area (Å²) in [5.41, 5.74) is 7.70. The molecule has 2 atom stereocenters. The zero-order valence-electron chi connectivity index (χ0n) is 20.2. The average Bonchev–Trinajstić information content (AvgIpc) is 3.39. The minimum absolute atomic E-state index is 0.145. The standard InChI is InChI=1S/C27H34Cl2FN3O2/c1-18(32-10-2-3-11-32)17-35-26-16-22(29)6-7-23(26)19-8-12-33(13-9-19)27(34)25(31)14-20-4-5-21(28)15-24(20)30/h4-7,15-16,18-19,25H,2-3,8-14,17,31H2,1H3/t18-,25-/m1/s1. The molecular weight excluding hydrogens is 488 g/mol. The monoisotopic (exact) mass is 521 g/mol. The number of hydrogen-bond acceptors (Lipinski definition) is 4. The summed E-state index contributed by atoms with van der Waals surface area (Å²) in [5.74, 6) is 0.528. The Hall–Kier alpha value is -1.86. The van der Waals surface area contributed by atoms with E-state index < -0.39 is 11.9 Å². The van der Waals surface area contributed by atoms with Crippen LogP contribution in [0.1, 0.15) is 49.7 Å². The van der Waals surface area contributed by atoms with Crippen molar-refractivity contribution in [2.45, 2.75) is 57.0 Å². The van der Waals surface area contributed by atoms with Crippen molar-refractivity contribution in [1.29, 1.82) is 0 Å². The molecule has 5 nitrogen and oxygen atoms in total. The molecule has 0 bridgehead atoms. The van der Waals surface area contributed by atoms with Crippen molar-refractivity contribution in [3.63, 3.8) is 0 Å². The summed E-state index contributed by atoms with van der Waals surface area (Å²) in [5, 5.41) is 0.981. The Balaban J connectivity index is 1.34. The summed E-state index contributed by atoms with van der Waals surface area (Å²) in [7, 11) is 0. The van der Waals surface area contributed by atoms with Gasteiger partial charge in [0.15, 0.2) is 0 Å². The number of ether oxygens (including phenoxy) is 1. The third kappa shape index (κ3) is 6.67. The molecule has 2 aromatic carbocycles. The first-order valence-corrected chi connectivity index (χ1v) is 13.2. The molecule has 8 heteroatoms. The molecule has 1 amide bonds. The first-order chi connectivity index (χ1) is 16.8. The van der Waals surface area contributed by atoms with Crippen LogP contribution in [0.5, 0.6) is 5.75 Å². The van der Waals surface area contributed by atoms with Gasteiger partial charge in [0.05, 0.1) is 6.04 Å². The maximum Gasteiger partial charge on any atom is 0.239 e. The molecule has 2 aromatic rings. The van der Waals surface area contributed by atoms with Crippen LogP contribution in [0.25, 0.3) is 0 Å². The second-order valence-electron chi connectivity index (χ2n) is 9.73. The van der Waals surface area contributed by atoms with Crippen LogP contribution in [0.4, 0.5) is 4.39 Å². The lowest BCUT2D eigenvalue weighted by Crippen LogP contribution is -2.47. The number of nitrogens with two attached hydrogens (primary N) is 1. The van der Waals surface area contributed by atoms with Crippen LogP contribution in [0.3, 0.4) is 0 Å². The molecule has 190 valence electrons. The molecule has 2 heterocycles. The molecule has 4 rings (SSSR count). The fourth-order valence-corrected chi connectivity index (χ4v) is 5.45. The second-order valence-corrected chi connectivity index (χ2v) is 10.6. The number of piperidine rings is 1. The average molecular weight is 522 g/mol. The van der Waals surface area contributed by atoms with Gasteiger partial charge >= 0.3 is 0 Å². The van der Waals surface area contributed by atoms with Gasteiger partial charge in [-0.25, -0.2) is 4.39 Å². The number of amides is 1. The van der Waals surface area contributed by atoms with E-state index in [0.29, 0.717) is 41.3 Å². The number of carbonyl (C=O) groups is 1. The summed E-state index contributed by atoms with van der Waals surface area (Å²) < 4.78 is 20.4. The van der Waals surface area contributed by atoms with Crippen molar-refractivity contribution in [2.24, 2.45) is 5.73 Å². The normalized spacial score (nSPS) is 19.1. The summed E-state index contributed by atoms with van der Waals surface area (Å²) in [6, 6.07) is 9.87. The van der Waals surface area contributed by atoms with Gasteiger partial charge < -0.3 is 15.4 Å². The highest BCUT2D eigenvalue weighted by Crippen LogP contribution is 2.36. The maximum atomic E-state index is 14.1. The smallest absolute Gasteiger partial charge is 0.239 e. The van der Waals surface area contributed by atoms with Crippen molar-refractivity contribution in [2.75, 3.05) is 32.8 Å². The van der Waals surface area contributed by atoms with Gasteiger partial charge in [0.25, 0.3) is 0 Å². The van der Waals surface area contributed by atoms with Crippen LogP contribution < -0.4 is 10.5 Å². The van der Waals surface area contributed by atoms with Crippen molar-refractivity contribution in [1.82, 2.24) is 9.80 Å². The van der Waals surface area contributed by atoms with Gasteiger partial charge in [-0.05, 0) is 93.4 Å². The molecule has 0 radical (unpaired) electrons. The molecule has 2 N–H and O–H groups in total. The molecule has 0 aliphatic carbocycles. The number of hydrogen-bond donors (Lipinski definition) is 1.